The molecule has 0 atom stereocenters. The van der Waals surface area contributed by atoms with Crippen LogP contribution in [0.3, 0.4) is 0 Å². The summed E-state index contributed by atoms with van der Waals surface area (Å²) in [5.74, 6) is -0.284. The second kappa shape index (κ2) is 7.60. The van der Waals surface area contributed by atoms with Gasteiger partial charge < -0.3 is 15.8 Å². The maximum atomic E-state index is 12.1. The third-order valence-corrected chi connectivity index (χ3v) is 2.24. The van der Waals surface area contributed by atoms with Crippen molar-refractivity contribution in [3.8, 4) is 5.75 Å². The molecule has 3 N–H and O–H groups in total. The molecule has 0 saturated heterocycles. The molecule has 0 spiro atoms. The zero-order chi connectivity index (χ0) is 13.4. The summed E-state index contributed by atoms with van der Waals surface area (Å²) in [6.45, 7) is -2.39. The Bertz CT molecular complexity index is 386. The molecule has 1 aromatic rings. The smallest absolute Gasteiger partial charge is 0.387 e. The summed E-state index contributed by atoms with van der Waals surface area (Å²) in [5.41, 5.74) is 5.56. The molecule has 4 nitrogen and oxygen atoms in total. The zero-order valence-corrected chi connectivity index (χ0v) is 9.86. The first-order valence-electron chi connectivity index (χ1n) is 5.67. The molecule has 0 fully saturated rings. The quantitative estimate of drug-likeness (QED) is 0.738. The number of para-hydroxylation sites is 2. The lowest BCUT2D eigenvalue weighted by Gasteiger charge is -2.11. The number of rotatable bonds is 7. The predicted octanol–water partition coefficient (Wildman–Crippen LogP) is 2.36. The topological polar surface area (TPSA) is 64.4 Å². The molecule has 18 heavy (non-hydrogen) atoms. The molecule has 1 amide bonds. The van der Waals surface area contributed by atoms with Crippen molar-refractivity contribution in [3.63, 3.8) is 0 Å². The molecule has 1 aromatic carbocycles. The number of benzene rings is 1. The molecule has 100 valence electrons. The Morgan fingerprint density at radius 1 is 1.33 bits per heavy atom. The summed E-state index contributed by atoms with van der Waals surface area (Å²) < 4.78 is 28.6. The Kier molecular flexibility index (Phi) is 6.07. The SMILES string of the molecule is NCCCCC(=O)Nc1ccccc1OC(F)F. The molecule has 0 heterocycles. The molecule has 0 unspecified atom stereocenters. The number of hydrogen-bond acceptors (Lipinski definition) is 3. The summed E-state index contributed by atoms with van der Waals surface area (Å²) in [5, 5.41) is 2.54. The van der Waals surface area contributed by atoms with Crippen LogP contribution in [-0.2, 0) is 4.79 Å². The maximum absolute atomic E-state index is 12.1. The van der Waals surface area contributed by atoms with E-state index in [4.69, 9.17) is 5.73 Å². The lowest BCUT2D eigenvalue weighted by atomic mass is 10.2. The summed E-state index contributed by atoms with van der Waals surface area (Å²) in [6, 6.07) is 6.08. The van der Waals surface area contributed by atoms with Crippen molar-refractivity contribution in [1.29, 1.82) is 0 Å². The molecule has 0 saturated carbocycles. The minimum Gasteiger partial charge on any atom is -0.433 e. The number of carbonyl (C=O) groups is 1. The highest BCUT2D eigenvalue weighted by Gasteiger charge is 2.11. The van der Waals surface area contributed by atoms with E-state index in [1.165, 1.54) is 12.1 Å². The van der Waals surface area contributed by atoms with Crippen LogP contribution in [0.15, 0.2) is 24.3 Å². The van der Waals surface area contributed by atoms with E-state index in [1.807, 2.05) is 0 Å². The number of hydrogen-bond donors (Lipinski definition) is 2. The fourth-order valence-electron chi connectivity index (χ4n) is 1.41. The van der Waals surface area contributed by atoms with Gasteiger partial charge in [-0.3, -0.25) is 4.79 Å². The highest BCUT2D eigenvalue weighted by atomic mass is 19.3. The summed E-state index contributed by atoms with van der Waals surface area (Å²) in [6.07, 6.45) is 1.73. The fraction of sp³-hybridized carbons (Fsp3) is 0.417. The number of ether oxygens (including phenoxy) is 1. The summed E-state index contributed by atoms with van der Waals surface area (Å²) in [4.78, 5) is 11.5. The fourth-order valence-corrected chi connectivity index (χ4v) is 1.41. The number of carbonyl (C=O) groups excluding carboxylic acids is 1. The van der Waals surface area contributed by atoms with Gasteiger partial charge in [-0.2, -0.15) is 8.78 Å². The molecule has 0 aromatic heterocycles. The monoisotopic (exact) mass is 258 g/mol. The van der Waals surface area contributed by atoms with E-state index in [2.05, 4.69) is 10.1 Å². The Morgan fingerprint density at radius 3 is 2.72 bits per heavy atom. The lowest BCUT2D eigenvalue weighted by molar-refractivity contribution is -0.116. The van der Waals surface area contributed by atoms with Crippen LogP contribution in [0.1, 0.15) is 19.3 Å². The predicted molar refractivity (Wildman–Crippen MR) is 64.6 cm³/mol. The van der Waals surface area contributed by atoms with Gasteiger partial charge in [-0.1, -0.05) is 12.1 Å². The second-order valence-electron chi connectivity index (χ2n) is 3.67. The van der Waals surface area contributed by atoms with Crippen LogP contribution >= 0.6 is 0 Å². The largest absolute Gasteiger partial charge is 0.433 e. The van der Waals surface area contributed by atoms with E-state index in [-0.39, 0.29) is 17.3 Å². The van der Waals surface area contributed by atoms with Gasteiger partial charge in [0.1, 0.15) is 5.75 Å². The van der Waals surface area contributed by atoms with E-state index in [9.17, 15) is 13.6 Å². The number of unbranched alkanes of at least 4 members (excludes halogenated alkanes) is 1. The van der Waals surface area contributed by atoms with E-state index in [0.717, 1.165) is 6.42 Å². The first-order valence-corrected chi connectivity index (χ1v) is 5.67. The molecule has 0 radical (unpaired) electrons. The van der Waals surface area contributed by atoms with Gasteiger partial charge in [0.05, 0.1) is 5.69 Å². The number of nitrogens with two attached hydrogens (primary N) is 1. The first-order chi connectivity index (χ1) is 8.63. The van der Waals surface area contributed by atoms with Gasteiger partial charge in [-0.05, 0) is 31.5 Å². The average Bonchev–Trinajstić information content (AvgIpc) is 2.31. The van der Waals surface area contributed by atoms with Crippen molar-refractivity contribution in [1.82, 2.24) is 0 Å². The third kappa shape index (κ3) is 5.09. The molecular weight excluding hydrogens is 242 g/mol. The summed E-state index contributed by atoms with van der Waals surface area (Å²) >= 11 is 0. The average molecular weight is 258 g/mol. The van der Waals surface area contributed by atoms with Crippen molar-refractivity contribution in [3.05, 3.63) is 24.3 Å². The van der Waals surface area contributed by atoms with Crippen LogP contribution in [0.4, 0.5) is 14.5 Å². The minimum absolute atomic E-state index is 0.0420. The van der Waals surface area contributed by atoms with Crippen LogP contribution in [-0.4, -0.2) is 19.1 Å². The second-order valence-corrected chi connectivity index (χ2v) is 3.67. The third-order valence-electron chi connectivity index (χ3n) is 2.24. The van der Waals surface area contributed by atoms with Crippen LogP contribution in [0, 0.1) is 0 Å². The normalized spacial score (nSPS) is 10.4. The zero-order valence-electron chi connectivity index (χ0n) is 9.86. The number of anilines is 1. The van der Waals surface area contributed by atoms with Crippen molar-refractivity contribution < 1.29 is 18.3 Å². The van der Waals surface area contributed by atoms with Gasteiger partial charge >= 0.3 is 6.61 Å². The van der Waals surface area contributed by atoms with Crippen LogP contribution in [0.2, 0.25) is 0 Å². The Hall–Kier alpha value is -1.69. The van der Waals surface area contributed by atoms with Gasteiger partial charge in [0.25, 0.3) is 0 Å². The maximum Gasteiger partial charge on any atom is 0.387 e. The summed E-state index contributed by atoms with van der Waals surface area (Å²) in [7, 11) is 0. The molecule has 0 bridgehead atoms. The Morgan fingerprint density at radius 2 is 2.06 bits per heavy atom. The van der Waals surface area contributed by atoms with Crippen molar-refractivity contribution in [2.24, 2.45) is 5.73 Å². The molecule has 0 aliphatic heterocycles. The van der Waals surface area contributed by atoms with Gasteiger partial charge in [0.2, 0.25) is 5.91 Å². The highest BCUT2D eigenvalue weighted by Crippen LogP contribution is 2.25. The van der Waals surface area contributed by atoms with Crippen LogP contribution in [0.5, 0.6) is 5.75 Å². The molecular formula is C12H16F2N2O2. The molecule has 1 rings (SSSR count). The Balaban J connectivity index is 2.57. The lowest BCUT2D eigenvalue weighted by Crippen LogP contribution is -2.13. The van der Waals surface area contributed by atoms with Gasteiger partial charge in [0.15, 0.2) is 0 Å². The number of alkyl halides is 2. The van der Waals surface area contributed by atoms with Crippen molar-refractivity contribution in [2.45, 2.75) is 25.9 Å². The number of halogens is 2. The standard InChI is InChI=1S/C12H16F2N2O2/c13-12(14)18-10-6-2-1-5-9(10)16-11(17)7-3-4-8-15/h1-2,5-6,12H,3-4,7-8,15H2,(H,16,17). The number of nitrogens with one attached hydrogen (secondary N) is 1. The molecule has 0 aliphatic rings. The Labute approximate surface area is 104 Å². The highest BCUT2D eigenvalue weighted by molar-refractivity contribution is 5.92. The van der Waals surface area contributed by atoms with E-state index in [1.54, 1.807) is 12.1 Å². The molecule has 0 aliphatic carbocycles. The first kappa shape index (κ1) is 14.4. The van der Waals surface area contributed by atoms with Crippen LogP contribution in [0.25, 0.3) is 0 Å². The number of amides is 1. The van der Waals surface area contributed by atoms with Gasteiger partial charge in [0, 0.05) is 6.42 Å². The molecule has 6 heteroatoms. The van der Waals surface area contributed by atoms with Crippen molar-refractivity contribution in [2.75, 3.05) is 11.9 Å². The van der Waals surface area contributed by atoms with Gasteiger partial charge in [-0.15, -0.1) is 0 Å². The minimum atomic E-state index is -2.92. The van der Waals surface area contributed by atoms with E-state index < -0.39 is 6.61 Å². The van der Waals surface area contributed by atoms with E-state index in [0.29, 0.717) is 19.4 Å². The van der Waals surface area contributed by atoms with E-state index >= 15 is 0 Å². The van der Waals surface area contributed by atoms with Crippen molar-refractivity contribution >= 4 is 11.6 Å². The van der Waals surface area contributed by atoms with Crippen LogP contribution < -0.4 is 15.8 Å². The van der Waals surface area contributed by atoms with Gasteiger partial charge in [-0.25, -0.2) is 0 Å².